The molecule has 2 aliphatic heterocycles. The highest BCUT2D eigenvalue weighted by Gasteiger charge is 2.57. The summed E-state index contributed by atoms with van der Waals surface area (Å²) in [5.74, 6) is -1.12. The van der Waals surface area contributed by atoms with E-state index in [2.05, 4.69) is 4.98 Å². The van der Waals surface area contributed by atoms with E-state index in [0.29, 0.717) is 0 Å². The number of rotatable bonds is 3. The Hall–Kier alpha value is -1.52. The fourth-order valence-corrected chi connectivity index (χ4v) is 2.58. The molecular formula is C12H17N3O6. The molecule has 2 saturated heterocycles. The number of aliphatic hydroxyl groups is 1. The molecule has 1 aromatic rings. The van der Waals surface area contributed by atoms with Gasteiger partial charge in [-0.2, -0.15) is 4.98 Å². The van der Waals surface area contributed by atoms with Crippen molar-refractivity contribution < 1.29 is 24.1 Å². The van der Waals surface area contributed by atoms with Gasteiger partial charge in [0.15, 0.2) is 6.23 Å². The molecule has 3 N–H and O–H groups in total. The van der Waals surface area contributed by atoms with Crippen molar-refractivity contribution in [1.29, 1.82) is 0 Å². The monoisotopic (exact) mass is 299 g/mol. The van der Waals surface area contributed by atoms with Crippen molar-refractivity contribution in [3.63, 3.8) is 0 Å². The highest BCUT2D eigenvalue weighted by molar-refractivity contribution is 5.23. The van der Waals surface area contributed by atoms with Crippen LogP contribution in [0.3, 0.4) is 0 Å². The second-order valence-corrected chi connectivity index (χ2v) is 5.02. The van der Waals surface area contributed by atoms with Crippen molar-refractivity contribution in [3.8, 4) is 0 Å². The van der Waals surface area contributed by atoms with Crippen molar-refractivity contribution in [2.45, 2.75) is 37.4 Å². The number of anilines is 1. The van der Waals surface area contributed by atoms with Crippen molar-refractivity contribution in [2.24, 2.45) is 0 Å². The van der Waals surface area contributed by atoms with E-state index in [1.54, 1.807) is 6.92 Å². The minimum absolute atomic E-state index is 0.120. The summed E-state index contributed by atoms with van der Waals surface area (Å²) >= 11 is 0. The van der Waals surface area contributed by atoms with Gasteiger partial charge in [-0.25, -0.2) is 4.79 Å². The summed E-state index contributed by atoms with van der Waals surface area (Å²) in [5.41, 5.74) is 4.91. The van der Waals surface area contributed by atoms with Crippen molar-refractivity contribution >= 4 is 5.82 Å². The molecule has 9 heteroatoms. The third kappa shape index (κ3) is 2.32. The quantitative estimate of drug-likeness (QED) is 0.716. The maximum Gasteiger partial charge on any atom is 0.351 e. The molecule has 1 unspecified atom stereocenters. The fraction of sp³-hybridized carbons (Fsp3) is 0.667. The van der Waals surface area contributed by atoms with Crippen LogP contribution in [0.5, 0.6) is 0 Å². The lowest BCUT2D eigenvalue weighted by atomic mass is 10.1. The number of methoxy groups -OCH3 is 1. The number of hydrogen-bond acceptors (Lipinski definition) is 8. The molecule has 0 saturated carbocycles. The molecule has 1 aromatic heterocycles. The smallest absolute Gasteiger partial charge is 0.351 e. The van der Waals surface area contributed by atoms with E-state index in [1.807, 2.05) is 0 Å². The van der Waals surface area contributed by atoms with Crippen molar-refractivity contribution in [1.82, 2.24) is 9.55 Å². The number of fused-ring (bicyclic) bond motifs is 1. The average Bonchev–Trinajstić information content (AvgIpc) is 2.94. The molecule has 0 spiro atoms. The Balaban J connectivity index is 1.95. The predicted octanol–water partition coefficient (Wildman–Crippen LogP) is -1.18. The first-order valence-electron chi connectivity index (χ1n) is 6.49. The van der Waals surface area contributed by atoms with Gasteiger partial charge < -0.3 is 29.8 Å². The van der Waals surface area contributed by atoms with Gasteiger partial charge in [-0.1, -0.05) is 0 Å². The zero-order valence-electron chi connectivity index (χ0n) is 11.6. The standard InChI is InChI=1S/C12H17N3O6/c1-12(18-2)20-8-6(5-16)19-10(9(8)21-12)15-4-3-7(13)14-11(15)17/h3-4,6,8-10,16H,5H2,1-2H3,(H2,13,14,17)/t6-,8-,9-,10-,12?/m1/s1. The lowest BCUT2D eigenvalue weighted by molar-refractivity contribution is -0.336. The second-order valence-electron chi connectivity index (χ2n) is 5.02. The average molecular weight is 299 g/mol. The first-order valence-corrected chi connectivity index (χ1v) is 6.49. The van der Waals surface area contributed by atoms with Gasteiger partial charge in [0.2, 0.25) is 0 Å². The molecule has 0 amide bonds. The van der Waals surface area contributed by atoms with Gasteiger partial charge in [0.25, 0.3) is 5.97 Å². The van der Waals surface area contributed by atoms with Crippen LogP contribution in [0.2, 0.25) is 0 Å². The molecule has 0 aliphatic carbocycles. The summed E-state index contributed by atoms with van der Waals surface area (Å²) in [5, 5.41) is 9.41. The summed E-state index contributed by atoms with van der Waals surface area (Å²) in [6.07, 6.45) is -1.08. The molecule has 0 radical (unpaired) electrons. The number of nitrogens with two attached hydrogens (primary N) is 1. The molecule has 0 bridgehead atoms. The van der Waals surface area contributed by atoms with Gasteiger partial charge in [0, 0.05) is 20.2 Å². The van der Waals surface area contributed by atoms with E-state index < -0.39 is 36.2 Å². The Morgan fingerprint density at radius 3 is 2.86 bits per heavy atom. The third-order valence-corrected chi connectivity index (χ3v) is 3.66. The Labute approximate surface area is 120 Å². The van der Waals surface area contributed by atoms with Crippen LogP contribution in [0.4, 0.5) is 5.82 Å². The van der Waals surface area contributed by atoms with Crippen LogP contribution in [0.15, 0.2) is 17.1 Å². The topological polar surface area (TPSA) is 118 Å². The number of aromatic nitrogens is 2. The molecule has 21 heavy (non-hydrogen) atoms. The van der Waals surface area contributed by atoms with Crippen LogP contribution in [-0.2, 0) is 18.9 Å². The van der Waals surface area contributed by atoms with E-state index in [0.717, 1.165) is 0 Å². The normalized spacial score (nSPS) is 38.6. The van der Waals surface area contributed by atoms with E-state index in [9.17, 15) is 9.90 Å². The Kier molecular flexibility index (Phi) is 3.46. The van der Waals surface area contributed by atoms with Gasteiger partial charge in [0.1, 0.15) is 24.1 Å². The van der Waals surface area contributed by atoms with Crippen molar-refractivity contribution in [2.75, 3.05) is 19.5 Å². The summed E-state index contributed by atoms with van der Waals surface area (Å²) in [4.78, 5) is 15.6. The van der Waals surface area contributed by atoms with E-state index in [4.69, 9.17) is 24.7 Å². The van der Waals surface area contributed by atoms with Gasteiger partial charge in [-0.15, -0.1) is 0 Å². The summed E-state index contributed by atoms with van der Waals surface area (Å²) in [7, 11) is 1.45. The second kappa shape index (κ2) is 5.04. The zero-order chi connectivity index (χ0) is 15.2. The van der Waals surface area contributed by atoms with Gasteiger partial charge in [-0.05, 0) is 6.07 Å². The van der Waals surface area contributed by atoms with Gasteiger partial charge in [0.05, 0.1) is 6.61 Å². The highest BCUT2D eigenvalue weighted by Crippen LogP contribution is 2.42. The molecule has 9 nitrogen and oxygen atoms in total. The maximum absolute atomic E-state index is 11.9. The first-order chi connectivity index (χ1) is 9.97. The number of hydrogen-bond donors (Lipinski definition) is 2. The predicted molar refractivity (Wildman–Crippen MR) is 69.1 cm³/mol. The SMILES string of the molecule is COC1(C)O[C@@H]2[C@H](O1)[C@@H](CO)O[C@H]2n1ccc(N)nc1=O. The Morgan fingerprint density at radius 2 is 2.24 bits per heavy atom. The minimum Gasteiger partial charge on any atom is -0.394 e. The molecule has 2 aliphatic rings. The largest absolute Gasteiger partial charge is 0.394 e. The number of nitrogens with zero attached hydrogens (tertiary/aromatic N) is 2. The minimum atomic E-state index is -1.24. The van der Waals surface area contributed by atoms with Crippen LogP contribution in [0.25, 0.3) is 0 Å². The van der Waals surface area contributed by atoms with E-state index >= 15 is 0 Å². The van der Waals surface area contributed by atoms with Crippen LogP contribution in [0, 0.1) is 0 Å². The Bertz CT molecular complexity index is 593. The molecule has 3 rings (SSSR count). The van der Waals surface area contributed by atoms with Crippen LogP contribution < -0.4 is 11.4 Å². The molecule has 116 valence electrons. The summed E-state index contributed by atoms with van der Waals surface area (Å²) in [6.45, 7) is 1.35. The van der Waals surface area contributed by atoms with Gasteiger partial charge in [-0.3, -0.25) is 4.57 Å². The van der Waals surface area contributed by atoms with Crippen LogP contribution in [-0.4, -0.2) is 52.7 Å². The zero-order valence-corrected chi connectivity index (χ0v) is 11.6. The molecular weight excluding hydrogens is 282 g/mol. The Morgan fingerprint density at radius 1 is 1.52 bits per heavy atom. The van der Waals surface area contributed by atoms with Crippen LogP contribution in [0.1, 0.15) is 13.2 Å². The van der Waals surface area contributed by atoms with Crippen molar-refractivity contribution in [3.05, 3.63) is 22.7 Å². The summed E-state index contributed by atoms with van der Waals surface area (Å²) in [6, 6.07) is 1.48. The van der Waals surface area contributed by atoms with Gasteiger partial charge >= 0.3 is 5.69 Å². The number of nitrogen functional groups attached to an aromatic ring is 1. The lowest BCUT2D eigenvalue weighted by Gasteiger charge is -2.25. The number of aliphatic hydroxyl groups excluding tert-OH is 1. The highest BCUT2D eigenvalue weighted by atomic mass is 16.9. The van der Waals surface area contributed by atoms with E-state index in [1.165, 1.54) is 23.9 Å². The maximum atomic E-state index is 11.9. The molecule has 5 atom stereocenters. The third-order valence-electron chi connectivity index (χ3n) is 3.66. The fourth-order valence-electron chi connectivity index (χ4n) is 2.58. The first kappa shape index (κ1) is 14.4. The molecule has 3 heterocycles. The van der Waals surface area contributed by atoms with Crippen LogP contribution >= 0.6 is 0 Å². The number of ether oxygens (including phenoxy) is 4. The molecule has 0 aromatic carbocycles. The lowest BCUT2D eigenvalue weighted by Crippen LogP contribution is -2.36. The summed E-state index contributed by atoms with van der Waals surface area (Å²) < 4.78 is 23.4. The van der Waals surface area contributed by atoms with E-state index in [-0.39, 0.29) is 12.4 Å². The molecule has 2 fully saturated rings.